The van der Waals surface area contributed by atoms with Gasteiger partial charge in [-0.2, -0.15) is 11.8 Å². The van der Waals surface area contributed by atoms with E-state index in [0.29, 0.717) is 5.25 Å². The number of allylic oxidation sites excluding steroid dienone is 1. The SMILES string of the molecule is CC=CC(C)SC(C)C. The molecule has 54 valence electrons. The van der Waals surface area contributed by atoms with Crippen LogP contribution in [0.15, 0.2) is 12.2 Å². The lowest BCUT2D eigenvalue weighted by Gasteiger charge is -2.07. The number of rotatable bonds is 3. The van der Waals surface area contributed by atoms with Gasteiger partial charge in [-0.1, -0.05) is 26.0 Å². The summed E-state index contributed by atoms with van der Waals surface area (Å²) in [5.74, 6) is 0. The van der Waals surface area contributed by atoms with E-state index in [1.165, 1.54) is 0 Å². The van der Waals surface area contributed by atoms with E-state index in [1.807, 2.05) is 11.8 Å². The summed E-state index contributed by atoms with van der Waals surface area (Å²) in [6, 6.07) is 0. The zero-order chi connectivity index (χ0) is 7.28. The molecule has 1 heteroatoms. The third-order valence-corrected chi connectivity index (χ3v) is 2.08. The predicted molar refractivity (Wildman–Crippen MR) is 47.0 cm³/mol. The van der Waals surface area contributed by atoms with E-state index in [4.69, 9.17) is 0 Å². The van der Waals surface area contributed by atoms with Gasteiger partial charge >= 0.3 is 0 Å². The monoisotopic (exact) mass is 144 g/mol. The van der Waals surface area contributed by atoms with Gasteiger partial charge in [-0.25, -0.2) is 0 Å². The van der Waals surface area contributed by atoms with Crippen molar-refractivity contribution in [2.24, 2.45) is 0 Å². The van der Waals surface area contributed by atoms with Gasteiger partial charge < -0.3 is 0 Å². The Morgan fingerprint density at radius 3 is 2.11 bits per heavy atom. The first kappa shape index (κ1) is 9.09. The molecule has 0 saturated carbocycles. The first-order chi connectivity index (χ1) is 4.16. The first-order valence-corrected chi connectivity index (χ1v) is 4.39. The molecule has 0 heterocycles. The minimum atomic E-state index is 0.676. The Hall–Kier alpha value is 0.0900. The summed E-state index contributed by atoms with van der Waals surface area (Å²) in [6.45, 7) is 8.75. The molecule has 0 spiro atoms. The molecule has 0 radical (unpaired) electrons. The van der Waals surface area contributed by atoms with Crippen molar-refractivity contribution < 1.29 is 0 Å². The van der Waals surface area contributed by atoms with Crippen LogP contribution in [0.1, 0.15) is 27.7 Å². The first-order valence-electron chi connectivity index (χ1n) is 3.45. The molecule has 0 N–H and O–H groups in total. The molecule has 0 aromatic carbocycles. The molecule has 0 saturated heterocycles. The lowest BCUT2D eigenvalue weighted by molar-refractivity contribution is 1.09. The standard InChI is InChI=1S/C8H16S/c1-5-6-8(4)9-7(2)3/h5-8H,1-4H3. The lowest BCUT2D eigenvalue weighted by Crippen LogP contribution is -1.96. The van der Waals surface area contributed by atoms with Crippen molar-refractivity contribution in [1.29, 1.82) is 0 Å². The summed E-state index contributed by atoms with van der Waals surface area (Å²) in [6.07, 6.45) is 4.34. The zero-order valence-corrected chi connectivity index (χ0v) is 7.53. The molecule has 9 heavy (non-hydrogen) atoms. The average Bonchev–Trinajstić information content (AvgIpc) is 1.63. The van der Waals surface area contributed by atoms with Gasteiger partial charge in [-0.05, 0) is 19.1 Å². The van der Waals surface area contributed by atoms with E-state index in [9.17, 15) is 0 Å². The molecular weight excluding hydrogens is 128 g/mol. The fourth-order valence-electron chi connectivity index (χ4n) is 0.746. The average molecular weight is 144 g/mol. The van der Waals surface area contributed by atoms with Crippen LogP contribution in [0, 0.1) is 0 Å². The third-order valence-electron chi connectivity index (χ3n) is 0.950. The van der Waals surface area contributed by atoms with Crippen LogP contribution in [0.3, 0.4) is 0 Å². The maximum atomic E-state index is 2.23. The molecule has 0 fully saturated rings. The minimum absolute atomic E-state index is 0.676. The molecule has 1 atom stereocenters. The number of hydrogen-bond acceptors (Lipinski definition) is 1. The predicted octanol–water partition coefficient (Wildman–Crippen LogP) is 3.09. The van der Waals surface area contributed by atoms with Gasteiger partial charge in [0, 0.05) is 5.25 Å². The van der Waals surface area contributed by atoms with Gasteiger partial charge in [-0.3, -0.25) is 0 Å². The van der Waals surface area contributed by atoms with Gasteiger partial charge in [0.25, 0.3) is 0 Å². The van der Waals surface area contributed by atoms with Crippen molar-refractivity contribution in [2.45, 2.75) is 38.2 Å². The summed E-state index contributed by atoms with van der Waals surface area (Å²) in [4.78, 5) is 0. The Bertz CT molecular complexity index is 84.6. The molecular formula is C8H16S. The van der Waals surface area contributed by atoms with E-state index in [0.717, 1.165) is 5.25 Å². The fourth-order valence-corrected chi connectivity index (χ4v) is 1.85. The van der Waals surface area contributed by atoms with Crippen LogP contribution in [-0.2, 0) is 0 Å². The number of hydrogen-bond donors (Lipinski definition) is 0. The molecule has 0 nitrogen and oxygen atoms in total. The molecule has 0 aliphatic carbocycles. The normalized spacial score (nSPS) is 15.2. The largest absolute Gasteiger partial charge is 0.152 e. The molecule has 0 aromatic rings. The Balaban J connectivity index is 3.38. The molecule has 0 aliphatic rings. The highest BCUT2D eigenvalue weighted by atomic mass is 32.2. The van der Waals surface area contributed by atoms with Crippen molar-refractivity contribution in [3.8, 4) is 0 Å². The minimum Gasteiger partial charge on any atom is -0.152 e. The van der Waals surface area contributed by atoms with Crippen molar-refractivity contribution >= 4 is 11.8 Å². The van der Waals surface area contributed by atoms with Crippen molar-refractivity contribution in [2.75, 3.05) is 0 Å². The smallest absolute Gasteiger partial charge is 0.0201 e. The molecule has 0 rings (SSSR count). The summed E-state index contributed by atoms with van der Waals surface area (Å²) >= 11 is 1.99. The van der Waals surface area contributed by atoms with Gasteiger partial charge in [0.05, 0.1) is 0 Å². The summed E-state index contributed by atoms with van der Waals surface area (Å²) in [7, 11) is 0. The second-order valence-electron chi connectivity index (χ2n) is 2.42. The van der Waals surface area contributed by atoms with E-state index < -0.39 is 0 Å². The quantitative estimate of drug-likeness (QED) is 0.548. The van der Waals surface area contributed by atoms with E-state index >= 15 is 0 Å². The Kier molecular flexibility index (Phi) is 4.97. The summed E-state index contributed by atoms with van der Waals surface area (Å²) in [5, 5.41) is 1.42. The van der Waals surface area contributed by atoms with E-state index in [2.05, 4.69) is 39.8 Å². The number of thioether (sulfide) groups is 1. The van der Waals surface area contributed by atoms with Crippen LogP contribution >= 0.6 is 11.8 Å². The van der Waals surface area contributed by atoms with Crippen LogP contribution in [0.25, 0.3) is 0 Å². The maximum Gasteiger partial charge on any atom is 0.0201 e. The zero-order valence-electron chi connectivity index (χ0n) is 6.72. The van der Waals surface area contributed by atoms with Crippen molar-refractivity contribution in [3.63, 3.8) is 0 Å². The van der Waals surface area contributed by atoms with Gasteiger partial charge in [-0.15, -0.1) is 0 Å². The highest BCUT2D eigenvalue weighted by molar-refractivity contribution is 8.00. The second-order valence-corrected chi connectivity index (χ2v) is 4.37. The second kappa shape index (κ2) is 4.92. The summed E-state index contributed by atoms with van der Waals surface area (Å²) < 4.78 is 0. The Morgan fingerprint density at radius 2 is 1.78 bits per heavy atom. The molecule has 0 bridgehead atoms. The molecule has 0 amide bonds. The molecule has 0 aliphatic heterocycles. The molecule has 1 unspecified atom stereocenters. The van der Waals surface area contributed by atoms with Crippen molar-refractivity contribution in [1.82, 2.24) is 0 Å². The summed E-state index contributed by atoms with van der Waals surface area (Å²) in [5.41, 5.74) is 0. The topological polar surface area (TPSA) is 0 Å². The fraction of sp³-hybridized carbons (Fsp3) is 0.750. The van der Waals surface area contributed by atoms with Crippen LogP contribution in [0.4, 0.5) is 0 Å². The van der Waals surface area contributed by atoms with E-state index in [-0.39, 0.29) is 0 Å². The van der Waals surface area contributed by atoms with Crippen LogP contribution < -0.4 is 0 Å². The highest BCUT2D eigenvalue weighted by Gasteiger charge is 1.98. The van der Waals surface area contributed by atoms with Crippen LogP contribution in [-0.4, -0.2) is 10.5 Å². The van der Waals surface area contributed by atoms with Crippen LogP contribution in [0.5, 0.6) is 0 Å². The van der Waals surface area contributed by atoms with Crippen LogP contribution in [0.2, 0.25) is 0 Å². The molecule has 0 aromatic heterocycles. The Labute approximate surface area is 62.7 Å². The third kappa shape index (κ3) is 5.97. The highest BCUT2D eigenvalue weighted by Crippen LogP contribution is 2.16. The lowest BCUT2D eigenvalue weighted by atomic mass is 10.4. The van der Waals surface area contributed by atoms with Gasteiger partial charge in [0.2, 0.25) is 0 Å². The van der Waals surface area contributed by atoms with Gasteiger partial charge in [0.15, 0.2) is 0 Å². The maximum absolute atomic E-state index is 2.23. The van der Waals surface area contributed by atoms with Gasteiger partial charge in [0.1, 0.15) is 0 Å². The van der Waals surface area contributed by atoms with E-state index in [1.54, 1.807) is 0 Å². The Morgan fingerprint density at radius 1 is 1.22 bits per heavy atom. The van der Waals surface area contributed by atoms with Crippen molar-refractivity contribution in [3.05, 3.63) is 12.2 Å².